The van der Waals surface area contributed by atoms with E-state index in [1.54, 1.807) is 0 Å². The molecule has 1 N–H and O–H groups in total. The van der Waals surface area contributed by atoms with E-state index in [0.29, 0.717) is 5.37 Å². The lowest BCUT2D eigenvalue weighted by Gasteiger charge is -2.23. The SMILES string of the molecule is CN[C@@H]1CCc2ccccc2S1. The van der Waals surface area contributed by atoms with Crippen LogP contribution in [-0.4, -0.2) is 12.4 Å². The Bertz CT molecular complexity index is 272. The van der Waals surface area contributed by atoms with Gasteiger partial charge in [-0.2, -0.15) is 0 Å². The number of rotatable bonds is 1. The number of hydrogen-bond acceptors (Lipinski definition) is 2. The molecular formula is C10H13NS. The molecule has 0 amide bonds. The van der Waals surface area contributed by atoms with Crippen molar-refractivity contribution in [1.29, 1.82) is 0 Å². The zero-order chi connectivity index (χ0) is 8.39. The Morgan fingerprint density at radius 1 is 1.42 bits per heavy atom. The van der Waals surface area contributed by atoms with Crippen molar-refractivity contribution in [2.45, 2.75) is 23.1 Å². The molecule has 64 valence electrons. The zero-order valence-electron chi connectivity index (χ0n) is 7.21. The molecule has 0 unspecified atom stereocenters. The summed E-state index contributed by atoms with van der Waals surface area (Å²) in [6.07, 6.45) is 2.47. The topological polar surface area (TPSA) is 12.0 Å². The summed E-state index contributed by atoms with van der Waals surface area (Å²) in [7, 11) is 2.03. The Labute approximate surface area is 77.6 Å². The highest BCUT2D eigenvalue weighted by Gasteiger charge is 2.16. The van der Waals surface area contributed by atoms with Gasteiger partial charge in [0.15, 0.2) is 0 Å². The summed E-state index contributed by atoms with van der Waals surface area (Å²) in [6, 6.07) is 8.68. The second-order valence-electron chi connectivity index (χ2n) is 3.04. The van der Waals surface area contributed by atoms with Crippen molar-refractivity contribution < 1.29 is 0 Å². The predicted octanol–water partition coefficient (Wildman–Crippen LogP) is 2.27. The first kappa shape index (κ1) is 8.14. The average Bonchev–Trinajstić information content (AvgIpc) is 2.17. The lowest BCUT2D eigenvalue weighted by Crippen LogP contribution is -2.24. The van der Waals surface area contributed by atoms with Crippen LogP contribution in [-0.2, 0) is 6.42 Å². The van der Waals surface area contributed by atoms with Gasteiger partial charge >= 0.3 is 0 Å². The minimum absolute atomic E-state index is 0.611. The molecule has 12 heavy (non-hydrogen) atoms. The highest BCUT2D eigenvalue weighted by Crippen LogP contribution is 2.33. The first-order valence-corrected chi connectivity index (χ1v) is 5.20. The lowest BCUT2D eigenvalue weighted by molar-refractivity contribution is 0.660. The third kappa shape index (κ3) is 1.50. The van der Waals surface area contributed by atoms with Crippen molar-refractivity contribution in [2.24, 2.45) is 0 Å². The quantitative estimate of drug-likeness (QED) is 0.709. The average molecular weight is 179 g/mol. The summed E-state index contributed by atoms with van der Waals surface area (Å²) >= 11 is 1.95. The number of fused-ring (bicyclic) bond motifs is 1. The molecule has 0 fully saturated rings. The van der Waals surface area contributed by atoms with Gasteiger partial charge in [-0.25, -0.2) is 0 Å². The summed E-state index contributed by atoms with van der Waals surface area (Å²) in [5.74, 6) is 0. The van der Waals surface area contributed by atoms with E-state index in [1.165, 1.54) is 23.3 Å². The molecule has 1 aliphatic rings. The van der Waals surface area contributed by atoms with E-state index < -0.39 is 0 Å². The molecule has 1 aromatic rings. The fraction of sp³-hybridized carbons (Fsp3) is 0.400. The second-order valence-corrected chi connectivity index (χ2v) is 4.29. The normalized spacial score (nSPS) is 21.9. The number of thioether (sulfide) groups is 1. The van der Waals surface area contributed by atoms with E-state index in [1.807, 2.05) is 18.8 Å². The second kappa shape index (κ2) is 3.50. The summed E-state index contributed by atoms with van der Waals surface area (Å²) in [4.78, 5) is 1.45. The van der Waals surface area contributed by atoms with Crippen molar-refractivity contribution in [1.82, 2.24) is 5.32 Å². The molecule has 0 spiro atoms. The highest BCUT2D eigenvalue weighted by atomic mass is 32.2. The molecule has 0 saturated heterocycles. The van der Waals surface area contributed by atoms with Crippen LogP contribution in [0.1, 0.15) is 12.0 Å². The summed E-state index contributed by atoms with van der Waals surface area (Å²) < 4.78 is 0. The molecule has 1 aromatic carbocycles. The van der Waals surface area contributed by atoms with Crippen molar-refractivity contribution in [3.05, 3.63) is 29.8 Å². The van der Waals surface area contributed by atoms with E-state index in [2.05, 4.69) is 29.6 Å². The lowest BCUT2D eigenvalue weighted by atomic mass is 10.1. The van der Waals surface area contributed by atoms with Gasteiger partial charge in [-0.15, -0.1) is 11.8 Å². The molecule has 2 heteroatoms. The third-order valence-corrected chi connectivity index (χ3v) is 3.65. The van der Waals surface area contributed by atoms with Crippen molar-refractivity contribution >= 4 is 11.8 Å². The first-order chi connectivity index (χ1) is 5.90. The molecule has 2 rings (SSSR count). The summed E-state index contributed by atoms with van der Waals surface area (Å²) in [5.41, 5.74) is 1.51. The molecule has 1 atom stereocenters. The number of hydrogen-bond donors (Lipinski definition) is 1. The number of aryl methyl sites for hydroxylation is 1. The fourth-order valence-corrected chi connectivity index (χ4v) is 2.67. The minimum atomic E-state index is 0.611. The van der Waals surface area contributed by atoms with Crippen LogP contribution in [0.2, 0.25) is 0 Å². The van der Waals surface area contributed by atoms with Gasteiger partial charge in [-0.1, -0.05) is 18.2 Å². The van der Waals surface area contributed by atoms with Gasteiger partial charge in [-0.3, -0.25) is 0 Å². The van der Waals surface area contributed by atoms with Gasteiger partial charge in [0, 0.05) is 4.90 Å². The summed E-state index contributed by atoms with van der Waals surface area (Å²) in [5, 5.41) is 3.92. The Hall–Kier alpha value is -0.470. The molecule has 1 nitrogen and oxygen atoms in total. The van der Waals surface area contributed by atoms with Crippen LogP contribution in [0.25, 0.3) is 0 Å². The van der Waals surface area contributed by atoms with Crippen LogP contribution in [0.5, 0.6) is 0 Å². The van der Waals surface area contributed by atoms with Gasteiger partial charge in [-0.05, 0) is 31.5 Å². The Balaban J connectivity index is 2.23. The largest absolute Gasteiger partial charge is 0.308 e. The standard InChI is InChI=1S/C10H13NS/c1-11-10-7-6-8-4-2-3-5-9(8)12-10/h2-5,10-11H,6-7H2,1H3/t10-/m0/s1. The van der Waals surface area contributed by atoms with E-state index in [4.69, 9.17) is 0 Å². The molecule has 0 aromatic heterocycles. The van der Waals surface area contributed by atoms with Crippen molar-refractivity contribution in [3.63, 3.8) is 0 Å². The molecule has 1 heterocycles. The molecule has 0 saturated carbocycles. The Morgan fingerprint density at radius 2 is 2.25 bits per heavy atom. The minimum Gasteiger partial charge on any atom is -0.308 e. The van der Waals surface area contributed by atoms with Gasteiger partial charge in [0.2, 0.25) is 0 Å². The predicted molar refractivity (Wildman–Crippen MR) is 53.5 cm³/mol. The molecular weight excluding hydrogens is 166 g/mol. The monoisotopic (exact) mass is 179 g/mol. The van der Waals surface area contributed by atoms with Gasteiger partial charge < -0.3 is 5.32 Å². The maximum absolute atomic E-state index is 3.31. The fourth-order valence-electron chi connectivity index (χ4n) is 1.53. The van der Waals surface area contributed by atoms with E-state index in [0.717, 1.165) is 0 Å². The Kier molecular flexibility index (Phi) is 2.38. The third-order valence-electron chi connectivity index (χ3n) is 2.24. The first-order valence-electron chi connectivity index (χ1n) is 4.32. The maximum Gasteiger partial charge on any atom is 0.0580 e. The molecule has 0 bridgehead atoms. The van der Waals surface area contributed by atoms with E-state index >= 15 is 0 Å². The van der Waals surface area contributed by atoms with Crippen LogP contribution >= 0.6 is 11.8 Å². The van der Waals surface area contributed by atoms with Crippen molar-refractivity contribution in [2.75, 3.05) is 7.05 Å². The molecule has 0 radical (unpaired) electrons. The number of nitrogens with one attached hydrogen (secondary N) is 1. The maximum atomic E-state index is 3.31. The van der Waals surface area contributed by atoms with E-state index in [-0.39, 0.29) is 0 Å². The van der Waals surface area contributed by atoms with Gasteiger partial charge in [0.25, 0.3) is 0 Å². The zero-order valence-corrected chi connectivity index (χ0v) is 8.03. The molecule has 0 aliphatic carbocycles. The summed E-state index contributed by atoms with van der Waals surface area (Å²) in [6.45, 7) is 0. The van der Waals surface area contributed by atoms with Gasteiger partial charge in [0.1, 0.15) is 0 Å². The van der Waals surface area contributed by atoms with E-state index in [9.17, 15) is 0 Å². The molecule has 1 aliphatic heterocycles. The van der Waals surface area contributed by atoms with Crippen molar-refractivity contribution in [3.8, 4) is 0 Å². The van der Waals surface area contributed by atoms with Crippen LogP contribution in [0.4, 0.5) is 0 Å². The van der Waals surface area contributed by atoms with Crippen LogP contribution in [0.15, 0.2) is 29.2 Å². The van der Waals surface area contributed by atoms with Crippen LogP contribution < -0.4 is 5.32 Å². The number of benzene rings is 1. The highest BCUT2D eigenvalue weighted by molar-refractivity contribution is 8.00. The smallest absolute Gasteiger partial charge is 0.0580 e. The van der Waals surface area contributed by atoms with Gasteiger partial charge in [0.05, 0.1) is 5.37 Å². The van der Waals surface area contributed by atoms with Crippen LogP contribution in [0, 0.1) is 0 Å². The van der Waals surface area contributed by atoms with Crippen LogP contribution in [0.3, 0.4) is 0 Å². The Morgan fingerprint density at radius 3 is 3.08 bits per heavy atom.